The Balaban J connectivity index is 2.27. The lowest BCUT2D eigenvalue weighted by Gasteiger charge is -2.10. The maximum atomic E-state index is 12.2. The molecule has 0 unspecified atom stereocenters. The molecule has 1 heterocycles. The number of carbonyl (C=O) groups excluding carboxylic acids is 1. The summed E-state index contributed by atoms with van der Waals surface area (Å²) in [4.78, 5) is 12.2. The van der Waals surface area contributed by atoms with Crippen LogP contribution in [0.5, 0.6) is 0 Å². The molecule has 0 aliphatic rings. The summed E-state index contributed by atoms with van der Waals surface area (Å²) in [7, 11) is 0. The molecule has 0 atom stereocenters. The number of benzene rings is 1. The largest absolute Gasteiger partial charge is 0.270 e. The van der Waals surface area contributed by atoms with Crippen molar-refractivity contribution in [1.29, 1.82) is 0 Å². The van der Waals surface area contributed by atoms with Gasteiger partial charge in [-0.1, -0.05) is 30.0 Å². The third-order valence-electron chi connectivity index (χ3n) is 2.58. The van der Waals surface area contributed by atoms with E-state index in [9.17, 15) is 4.79 Å². The van der Waals surface area contributed by atoms with Gasteiger partial charge in [-0.05, 0) is 31.7 Å². The SMILES string of the molecule is CSc1nnc(C)n1NC(=O)c1ccccc1C. The lowest BCUT2D eigenvalue weighted by molar-refractivity contribution is 0.100. The summed E-state index contributed by atoms with van der Waals surface area (Å²) in [5, 5.41) is 8.56. The van der Waals surface area contributed by atoms with Gasteiger partial charge in [0.25, 0.3) is 5.91 Å². The number of aromatic nitrogens is 3. The van der Waals surface area contributed by atoms with E-state index < -0.39 is 0 Å². The predicted molar refractivity (Wildman–Crippen MR) is 71.4 cm³/mol. The van der Waals surface area contributed by atoms with Crippen molar-refractivity contribution >= 4 is 17.7 Å². The van der Waals surface area contributed by atoms with Gasteiger partial charge in [0.15, 0.2) is 0 Å². The highest BCUT2D eigenvalue weighted by Crippen LogP contribution is 2.13. The van der Waals surface area contributed by atoms with Crippen LogP contribution in [0, 0.1) is 13.8 Å². The van der Waals surface area contributed by atoms with Gasteiger partial charge in [0.05, 0.1) is 0 Å². The number of amides is 1. The first-order valence-corrected chi connectivity index (χ1v) is 6.69. The van der Waals surface area contributed by atoms with Crippen molar-refractivity contribution in [3.63, 3.8) is 0 Å². The number of nitrogens with zero attached hydrogens (tertiary/aromatic N) is 3. The molecule has 0 aliphatic carbocycles. The zero-order chi connectivity index (χ0) is 13.1. The number of hydrogen-bond acceptors (Lipinski definition) is 4. The summed E-state index contributed by atoms with van der Waals surface area (Å²) in [5.41, 5.74) is 4.39. The quantitative estimate of drug-likeness (QED) is 0.859. The lowest BCUT2D eigenvalue weighted by Crippen LogP contribution is -2.25. The highest BCUT2D eigenvalue weighted by molar-refractivity contribution is 7.98. The first-order valence-electron chi connectivity index (χ1n) is 5.46. The zero-order valence-corrected chi connectivity index (χ0v) is 11.3. The molecule has 0 bridgehead atoms. The van der Waals surface area contributed by atoms with E-state index in [1.165, 1.54) is 11.8 Å². The van der Waals surface area contributed by atoms with Crippen LogP contribution in [-0.2, 0) is 0 Å². The molecule has 0 aliphatic heterocycles. The molecular weight excluding hydrogens is 248 g/mol. The molecule has 18 heavy (non-hydrogen) atoms. The predicted octanol–water partition coefficient (Wildman–Crippen LogP) is 2.00. The molecule has 0 saturated carbocycles. The van der Waals surface area contributed by atoms with Gasteiger partial charge in [0.2, 0.25) is 5.16 Å². The molecule has 6 heteroatoms. The van der Waals surface area contributed by atoms with Crippen LogP contribution in [-0.4, -0.2) is 27.0 Å². The Morgan fingerprint density at radius 2 is 2.00 bits per heavy atom. The van der Waals surface area contributed by atoms with Crippen LogP contribution in [0.15, 0.2) is 29.4 Å². The van der Waals surface area contributed by atoms with Gasteiger partial charge in [0, 0.05) is 5.56 Å². The third kappa shape index (κ3) is 2.38. The molecule has 5 nitrogen and oxygen atoms in total. The average molecular weight is 262 g/mol. The maximum absolute atomic E-state index is 12.2. The number of rotatable bonds is 3. The maximum Gasteiger partial charge on any atom is 0.270 e. The smallest absolute Gasteiger partial charge is 0.267 e. The monoisotopic (exact) mass is 262 g/mol. The van der Waals surface area contributed by atoms with Gasteiger partial charge in [0.1, 0.15) is 5.82 Å². The van der Waals surface area contributed by atoms with Crippen LogP contribution in [0.4, 0.5) is 0 Å². The minimum Gasteiger partial charge on any atom is -0.267 e. The Kier molecular flexibility index (Phi) is 3.66. The minimum absolute atomic E-state index is 0.161. The van der Waals surface area contributed by atoms with Crippen molar-refractivity contribution in [3.8, 4) is 0 Å². The second-order valence-corrected chi connectivity index (χ2v) is 4.60. The number of aryl methyl sites for hydroxylation is 2. The molecular formula is C12H14N4OS. The molecule has 1 amide bonds. The van der Waals surface area contributed by atoms with Crippen molar-refractivity contribution in [2.24, 2.45) is 0 Å². The highest BCUT2D eigenvalue weighted by Gasteiger charge is 2.13. The topological polar surface area (TPSA) is 59.8 Å². The summed E-state index contributed by atoms with van der Waals surface area (Å²) in [6.07, 6.45) is 1.89. The van der Waals surface area contributed by atoms with E-state index in [-0.39, 0.29) is 5.91 Å². The van der Waals surface area contributed by atoms with E-state index in [0.29, 0.717) is 16.5 Å². The van der Waals surface area contributed by atoms with Crippen molar-refractivity contribution in [2.75, 3.05) is 11.7 Å². The summed E-state index contributed by atoms with van der Waals surface area (Å²) in [6, 6.07) is 7.45. The van der Waals surface area contributed by atoms with Crippen LogP contribution in [0.2, 0.25) is 0 Å². The summed E-state index contributed by atoms with van der Waals surface area (Å²) in [6.45, 7) is 3.70. The minimum atomic E-state index is -0.161. The van der Waals surface area contributed by atoms with Crippen LogP contribution in [0.3, 0.4) is 0 Å². The Labute approximate surface area is 110 Å². The Hall–Kier alpha value is -1.82. The first-order chi connectivity index (χ1) is 8.63. The lowest BCUT2D eigenvalue weighted by atomic mass is 10.1. The van der Waals surface area contributed by atoms with Gasteiger partial charge < -0.3 is 0 Å². The molecule has 0 radical (unpaired) electrons. The van der Waals surface area contributed by atoms with E-state index in [0.717, 1.165) is 5.56 Å². The van der Waals surface area contributed by atoms with E-state index in [2.05, 4.69) is 15.6 Å². The molecule has 1 N–H and O–H groups in total. The third-order valence-corrected chi connectivity index (χ3v) is 3.21. The molecule has 2 rings (SSSR count). The van der Waals surface area contributed by atoms with Crippen molar-refractivity contribution in [3.05, 3.63) is 41.2 Å². The molecule has 0 spiro atoms. The Morgan fingerprint density at radius 1 is 1.28 bits per heavy atom. The summed E-state index contributed by atoms with van der Waals surface area (Å²) < 4.78 is 1.60. The van der Waals surface area contributed by atoms with Crippen molar-refractivity contribution < 1.29 is 4.79 Å². The van der Waals surface area contributed by atoms with E-state index in [4.69, 9.17) is 0 Å². The van der Waals surface area contributed by atoms with Gasteiger partial charge in [-0.2, -0.15) is 0 Å². The van der Waals surface area contributed by atoms with Crippen LogP contribution in [0.1, 0.15) is 21.7 Å². The Bertz CT molecular complexity index is 579. The Morgan fingerprint density at radius 3 is 2.67 bits per heavy atom. The zero-order valence-electron chi connectivity index (χ0n) is 10.5. The number of hydrogen-bond donors (Lipinski definition) is 1. The fourth-order valence-corrected chi connectivity index (χ4v) is 2.08. The van der Waals surface area contributed by atoms with Crippen molar-refractivity contribution in [2.45, 2.75) is 19.0 Å². The van der Waals surface area contributed by atoms with Gasteiger partial charge >= 0.3 is 0 Å². The highest BCUT2D eigenvalue weighted by atomic mass is 32.2. The number of carbonyl (C=O) groups is 1. The van der Waals surface area contributed by atoms with Crippen LogP contribution >= 0.6 is 11.8 Å². The van der Waals surface area contributed by atoms with Gasteiger partial charge in [-0.3, -0.25) is 10.2 Å². The molecule has 0 fully saturated rings. The fourth-order valence-electron chi connectivity index (χ4n) is 1.59. The van der Waals surface area contributed by atoms with E-state index in [1.54, 1.807) is 17.7 Å². The summed E-state index contributed by atoms with van der Waals surface area (Å²) in [5.74, 6) is 0.493. The number of thioether (sulfide) groups is 1. The normalized spacial score (nSPS) is 10.4. The van der Waals surface area contributed by atoms with E-state index >= 15 is 0 Å². The second-order valence-electron chi connectivity index (χ2n) is 3.83. The number of nitrogens with one attached hydrogen (secondary N) is 1. The average Bonchev–Trinajstić information content (AvgIpc) is 2.71. The van der Waals surface area contributed by atoms with E-state index in [1.807, 2.05) is 31.4 Å². The van der Waals surface area contributed by atoms with Gasteiger partial charge in [-0.15, -0.1) is 10.2 Å². The molecule has 1 aromatic heterocycles. The van der Waals surface area contributed by atoms with Crippen LogP contribution in [0.25, 0.3) is 0 Å². The fraction of sp³-hybridized carbons (Fsp3) is 0.250. The van der Waals surface area contributed by atoms with Crippen molar-refractivity contribution in [1.82, 2.24) is 14.9 Å². The molecule has 2 aromatic rings. The summed E-state index contributed by atoms with van der Waals surface area (Å²) >= 11 is 1.43. The molecule has 94 valence electrons. The first kappa shape index (κ1) is 12.6. The van der Waals surface area contributed by atoms with Gasteiger partial charge in [-0.25, -0.2) is 4.68 Å². The molecule has 1 aromatic carbocycles. The van der Waals surface area contributed by atoms with Crippen LogP contribution < -0.4 is 5.43 Å². The molecule has 0 saturated heterocycles. The second kappa shape index (κ2) is 5.22. The standard InChI is InChI=1S/C12H14N4OS/c1-8-6-4-5-7-10(8)11(17)15-16-9(2)13-14-12(16)18-3/h4-7H,1-3H3,(H,15,17).